The Morgan fingerprint density at radius 1 is 1.04 bits per heavy atom. The molecule has 2 aromatic carbocycles. The van der Waals surface area contributed by atoms with Crippen LogP contribution in [0.3, 0.4) is 0 Å². The first kappa shape index (κ1) is 18.4. The normalized spacial score (nSPS) is 16.0. The van der Waals surface area contributed by atoms with Crippen molar-refractivity contribution in [2.45, 2.75) is 18.8 Å². The second kappa shape index (κ2) is 7.85. The molecule has 3 nitrogen and oxygen atoms in total. The van der Waals surface area contributed by atoms with Crippen LogP contribution in [-0.2, 0) is 0 Å². The largest absolute Gasteiger partial charge is 0.369 e. The van der Waals surface area contributed by atoms with Crippen LogP contribution >= 0.6 is 15.9 Å². The van der Waals surface area contributed by atoms with Gasteiger partial charge in [0.05, 0.1) is 33.8 Å². The van der Waals surface area contributed by atoms with Crippen LogP contribution in [0.2, 0.25) is 0 Å². The fourth-order valence-electron chi connectivity index (χ4n) is 3.46. The van der Waals surface area contributed by atoms with Gasteiger partial charge in [0, 0.05) is 13.1 Å². The summed E-state index contributed by atoms with van der Waals surface area (Å²) in [5.41, 5.74) is 1.45. The van der Waals surface area contributed by atoms with E-state index in [2.05, 4.69) is 22.0 Å². The van der Waals surface area contributed by atoms with Gasteiger partial charge in [0.15, 0.2) is 0 Å². The predicted molar refractivity (Wildman–Crippen MR) is 98.5 cm³/mol. The van der Waals surface area contributed by atoms with Crippen molar-refractivity contribution in [3.8, 4) is 12.1 Å². The molecular formula is C20H16BrF2N3. The summed E-state index contributed by atoms with van der Waals surface area (Å²) in [6.45, 7) is 1.23. The number of hydrogen-bond donors (Lipinski definition) is 0. The first-order valence-electron chi connectivity index (χ1n) is 8.32. The fraction of sp³-hybridized carbons (Fsp3) is 0.300. The molecule has 1 unspecified atom stereocenters. The molecule has 132 valence electrons. The molecule has 1 fully saturated rings. The Kier molecular flexibility index (Phi) is 5.54. The highest BCUT2D eigenvalue weighted by Crippen LogP contribution is 2.35. The van der Waals surface area contributed by atoms with Crippen LogP contribution in [0.5, 0.6) is 0 Å². The van der Waals surface area contributed by atoms with Crippen LogP contribution in [0, 0.1) is 40.2 Å². The SMILES string of the molecule is N#Cc1ccc(N2CCC(C(C#N)c3ccc(Br)c(F)c3)CC2)c(F)c1. The second-order valence-corrected chi connectivity index (χ2v) is 7.24. The fourth-order valence-corrected chi connectivity index (χ4v) is 3.71. The molecule has 1 saturated heterocycles. The van der Waals surface area contributed by atoms with Crippen LogP contribution in [0.15, 0.2) is 40.9 Å². The number of hydrogen-bond acceptors (Lipinski definition) is 3. The molecule has 0 bridgehead atoms. The Morgan fingerprint density at radius 3 is 2.35 bits per heavy atom. The first-order valence-corrected chi connectivity index (χ1v) is 9.12. The topological polar surface area (TPSA) is 50.8 Å². The minimum Gasteiger partial charge on any atom is -0.369 e. The Hall–Kier alpha value is -2.44. The molecule has 0 aliphatic carbocycles. The Labute approximate surface area is 159 Å². The van der Waals surface area contributed by atoms with E-state index in [9.17, 15) is 14.0 Å². The van der Waals surface area contributed by atoms with E-state index in [1.165, 1.54) is 12.1 Å². The van der Waals surface area contributed by atoms with Crippen LogP contribution in [-0.4, -0.2) is 13.1 Å². The maximum Gasteiger partial charge on any atom is 0.147 e. The van der Waals surface area contributed by atoms with Crippen molar-refractivity contribution in [3.05, 3.63) is 63.6 Å². The van der Waals surface area contributed by atoms with Crippen molar-refractivity contribution in [2.75, 3.05) is 18.0 Å². The molecule has 0 saturated carbocycles. The number of piperidine rings is 1. The molecule has 0 N–H and O–H groups in total. The van der Waals surface area contributed by atoms with Gasteiger partial charge in [-0.25, -0.2) is 8.78 Å². The lowest BCUT2D eigenvalue weighted by Gasteiger charge is -2.35. The molecule has 2 aromatic rings. The van der Waals surface area contributed by atoms with Crippen molar-refractivity contribution in [1.29, 1.82) is 10.5 Å². The highest BCUT2D eigenvalue weighted by atomic mass is 79.9. The maximum absolute atomic E-state index is 14.2. The zero-order chi connectivity index (χ0) is 18.7. The third-order valence-electron chi connectivity index (χ3n) is 4.87. The molecule has 1 atom stereocenters. The Bertz CT molecular complexity index is 893. The van der Waals surface area contributed by atoms with Crippen LogP contribution < -0.4 is 4.90 Å². The Balaban J connectivity index is 1.72. The maximum atomic E-state index is 14.2. The van der Waals surface area contributed by atoms with Crippen molar-refractivity contribution >= 4 is 21.6 Å². The van der Waals surface area contributed by atoms with Crippen LogP contribution in [0.4, 0.5) is 14.5 Å². The average molecular weight is 416 g/mol. The molecule has 1 heterocycles. The third-order valence-corrected chi connectivity index (χ3v) is 5.51. The van der Waals surface area contributed by atoms with E-state index in [4.69, 9.17) is 5.26 Å². The minimum atomic E-state index is -0.408. The van der Waals surface area contributed by atoms with Crippen molar-refractivity contribution in [1.82, 2.24) is 0 Å². The summed E-state index contributed by atoms with van der Waals surface area (Å²) in [7, 11) is 0. The summed E-state index contributed by atoms with van der Waals surface area (Å²) in [6, 6.07) is 13.5. The van der Waals surface area contributed by atoms with Gasteiger partial charge in [-0.3, -0.25) is 0 Å². The number of benzene rings is 2. The number of halogens is 3. The summed E-state index contributed by atoms with van der Waals surface area (Å²) in [4.78, 5) is 1.93. The molecule has 0 spiro atoms. The van der Waals surface area contributed by atoms with Gasteiger partial charge in [-0.15, -0.1) is 0 Å². The lowest BCUT2D eigenvalue weighted by Crippen LogP contribution is -2.36. The minimum absolute atomic E-state index is 0.0956. The van der Waals surface area contributed by atoms with Gasteiger partial charge in [0.2, 0.25) is 0 Å². The van der Waals surface area contributed by atoms with E-state index >= 15 is 0 Å². The van der Waals surface area contributed by atoms with Gasteiger partial charge >= 0.3 is 0 Å². The lowest BCUT2D eigenvalue weighted by molar-refractivity contribution is 0.375. The zero-order valence-corrected chi connectivity index (χ0v) is 15.5. The van der Waals surface area contributed by atoms with Crippen molar-refractivity contribution in [3.63, 3.8) is 0 Å². The van der Waals surface area contributed by atoms with Gasteiger partial charge < -0.3 is 4.90 Å². The monoisotopic (exact) mass is 415 g/mol. The zero-order valence-electron chi connectivity index (χ0n) is 13.9. The van der Waals surface area contributed by atoms with Crippen LogP contribution in [0.25, 0.3) is 0 Å². The Morgan fingerprint density at radius 2 is 1.77 bits per heavy atom. The van der Waals surface area contributed by atoms with E-state index in [-0.39, 0.29) is 17.7 Å². The predicted octanol–water partition coefficient (Wildman–Crippen LogP) is 5.12. The summed E-state index contributed by atoms with van der Waals surface area (Å²) >= 11 is 3.13. The molecule has 0 radical (unpaired) electrons. The molecule has 3 rings (SSSR count). The van der Waals surface area contributed by atoms with Gasteiger partial charge in [0.25, 0.3) is 0 Å². The van der Waals surface area contributed by atoms with E-state index in [0.29, 0.717) is 34.4 Å². The molecule has 0 aromatic heterocycles. The molecule has 26 heavy (non-hydrogen) atoms. The van der Waals surface area contributed by atoms with E-state index in [1.54, 1.807) is 24.3 Å². The second-order valence-electron chi connectivity index (χ2n) is 6.38. The quantitative estimate of drug-likeness (QED) is 0.698. The van der Waals surface area contributed by atoms with Crippen LogP contribution in [0.1, 0.15) is 29.9 Å². The molecule has 6 heteroatoms. The smallest absolute Gasteiger partial charge is 0.147 e. The van der Waals surface area contributed by atoms with Gasteiger partial charge in [-0.2, -0.15) is 10.5 Å². The lowest BCUT2D eigenvalue weighted by atomic mass is 9.81. The average Bonchev–Trinajstić information content (AvgIpc) is 2.66. The van der Waals surface area contributed by atoms with Gasteiger partial charge in [-0.05, 0) is 70.6 Å². The summed E-state index contributed by atoms with van der Waals surface area (Å²) in [6.07, 6.45) is 1.44. The highest BCUT2D eigenvalue weighted by Gasteiger charge is 2.29. The molecular weight excluding hydrogens is 400 g/mol. The third kappa shape index (κ3) is 3.71. The van der Waals surface area contributed by atoms with Crippen molar-refractivity contribution < 1.29 is 8.78 Å². The standard InChI is InChI=1S/C20H16BrF2N3/c21-17-3-2-15(10-18(17)22)16(12-25)14-5-7-26(8-6-14)20-4-1-13(11-24)9-19(20)23/h1-4,9-10,14,16H,5-8H2. The van der Waals surface area contributed by atoms with E-state index in [1.807, 2.05) is 11.0 Å². The van der Waals surface area contributed by atoms with E-state index < -0.39 is 5.82 Å². The summed E-state index contributed by atoms with van der Waals surface area (Å²) in [5.74, 6) is -1.07. The molecule has 0 amide bonds. The summed E-state index contributed by atoms with van der Waals surface area (Å²) in [5, 5.41) is 18.4. The van der Waals surface area contributed by atoms with E-state index in [0.717, 1.165) is 12.8 Å². The van der Waals surface area contributed by atoms with Gasteiger partial charge in [0.1, 0.15) is 11.6 Å². The molecule has 1 aliphatic rings. The molecule has 1 aliphatic heterocycles. The number of rotatable bonds is 3. The van der Waals surface area contributed by atoms with Crippen molar-refractivity contribution in [2.24, 2.45) is 5.92 Å². The first-order chi connectivity index (χ1) is 12.5. The highest BCUT2D eigenvalue weighted by molar-refractivity contribution is 9.10. The number of nitrogens with zero attached hydrogens (tertiary/aromatic N) is 3. The number of anilines is 1. The summed E-state index contributed by atoms with van der Waals surface area (Å²) < 4.78 is 28.4. The number of nitriles is 2. The van der Waals surface area contributed by atoms with Gasteiger partial charge in [-0.1, -0.05) is 6.07 Å².